The Morgan fingerprint density at radius 3 is 2.62 bits per heavy atom. The van der Waals surface area contributed by atoms with Crippen molar-refractivity contribution in [2.45, 2.75) is 13.5 Å². The summed E-state index contributed by atoms with van der Waals surface area (Å²) in [6.07, 6.45) is 3.57. The molecule has 1 heterocycles. The largest absolute Gasteiger partial charge is 0.292 e. The van der Waals surface area contributed by atoms with E-state index < -0.39 is 0 Å². The van der Waals surface area contributed by atoms with Gasteiger partial charge in [-0.05, 0) is 36.8 Å². The first kappa shape index (κ1) is 10.9. The number of hydrogen-bond donors (Lipinski definition) is 0. The number of carbonyl (C=O) groups excluding carboxylic acids is 1. The van der Waals surface area contributed by atoms with Crippen molar-refractivity contribution in [3.8, 4) is 0 Å². The Morgan fingerprint density at radius 2 is 2.06 bits per heavy atom. The highest BCUT2D eigenvalue weighted by molar-refractivity contribution is 6.30. The van der Waals surface area contributed by atoms with E-state index in [0.717, 1.165) is 5.56 Å². The average Bonchev–Trinajstić information content (AvgIpc) is 2.65. The maximum Gasteiger partial charge on any atom is 0.184 e. The predicted molar refractivity (Wildman–Crippen MR) is 62.7 cm³/mol. The lowest BCUT2D eigenvalue weighted by molar-refractivity contribution is 0.0967. The first-order valence-corrected chi connectivity index (χ1v) is 5.31. The molecule has 0 unspecified atom stereocenters. The molecule has 3 nitrogen and oxygen atoms in total. The van der Waals surface area contributed by atoms with Gasteiger partial charge in [0.05, 0.1) is 6.20 Å². The van der Waals surface area contributed by atoms with E-state index in [2.05, 4.69) is 5.10 Å². The molecule has 1 aromatic carbocycles. The summed E-state index contributed by atoms with van der Waals surface area (Å²) in [7, 11) is 0. The smallest absolute Gasteiger partial charge is 0.184 e. The minimum atomic E-state index is 0.0276. The van der Waals surface area contributed by atoms with E-state index >= 15 is 0 Å². The van der Waals surface area contributed by atoms with Gasteiger partial charge in [-0.15, -0.1) is 0 Å². The lowest BCUT2D eigenvalue weighted by Crippen LogP contribution is -2.10. The van der Waals surface area contributed by atoms with Gasteiger partial charge in [-0.2, -0.15) is 5.10 Å². The van der Waals surface area contributed by atoms with E-state index in [4.69, 9.17) is 11.6 Å². The Balaban J connectivity index is 2.11. The summed E-state index contributed by atoms with van der Waals surface area (Å²) >= 11 is 5.75. The van der Waals surface area contributed by atoms with Crippen LogP contribution in [0.4, 0.5) is 0 Å². The van der Waals surface area contributed by atoms with Gasteiger partial charge in [-0.25, -0.2) is 0 Å². The van der Waals surface area contributed by atoms with E-state index in [9.17, 15) is 4.79 Å². The van der Waals surface area contributed by atoms with Gasteiger partial charge in [0, 0.05) is 16.8 Å². The Bertz CT molecular complexity index is 502. The zero-order chi connectivity index (χ0) is 11.5. The summed E-state index contributed by atoms with van der Waals surface area (Å²) in [4.78, 5) is 11.8. The second-order valence-corrected chi connectivity index (χ2v) is 4.08. The van der Waals surface area contributed by atoms with Gasteiger partial charge >= 0.3 is 0 Å². The second-order valence-electron chi connectivity index (χ2n) is 3.65. The fourth-order valence-electron chi connectivity index (χ4n) is 1.43. The van der Waals surface area contributed by atoms with Crippen molar-refractivity contribution in [1.29, 1.82) is 0 Å². The highest BCUT2D eigenvalue weighted by Gasteiger charge is 2.06. The van der Waals surface area contributed by atoms with Crippen molar-refractivity contribution >= 4 is 17.4 Å². The zero-order valence-electron chi connectivity index (χ0n) is 8.85. The Kier molecular flexibility index (Phi) is 3.06. The molecule has 0 aliphatic heterocycles. The van der Waals surface area contributed by atoms with Crippen LogP contribution in [-0.2, 0) is 6.54 Å². The van der Waals surface area contributed by atoms with Crippen molar-refractivity contribution < 1.29 is 4.79 Å². The number of aryl methyl sites for hydroxylation is 1. The number of benzene rings is 1. The monoisotopic (exact) mass is 234 g/mol. The van der Waals surface area contributed by atoms with Crippen LogP contribution in [0.15, 0.2) is 36.7 Å². The number of halogens is 1. The first-order chi connectivity index (χ1) is 7.65. The van der Waals surface area contributed by atoms with Crippen molar-refractivity contribution in [1.82, 2.24) is 9.78 Å². The molecule has 0 atom stereocenters. The molecule has 2 aromatic rings. The summed E-state index contributed by atoms with van der Waals surface area (Å²) in [6.45, 7) is 2.20. The zero-order valence-corrected chi connectivity index (χ0v) is 9.61. The van der Waals surface area contributed by atoms with Gasteiger partial charge in [0.25, 0.3) is 0 Å². The van der Waals surface area contributed by atoms with E-state index in [1.54, 1.807) is 35.1 Å². The molecule has 1 aromatic heterocycles. The molecule has 16 heavy (non-hydrogen) atoms. The van der Waals surface area contributed by atoms with Gasteiger partial charge in [0.2, 0.25) is 0 Å². The normalized spacial score (nSPS) is 10.4. The molecule has 0 aliphatic rings. The van der Waals surface area contributed by atoms with Crippen LogP contribution in [0.3, 0.4) is 0 Å². The number of ketones is 1. The maximum atomic E-state index is 11.8. The topological polar surface area (TPSA) is 34.9 Å². The molecule has 0 radical (unpaired) electrons. The molecule has 82 valence electrons. The van der Waals surface area contributed by atoms with Crippen LogP contribution < -0.4 is 0 Å². The average molecular weight is 235 g/mol. The summed E-state index contributed by atoms with van der Waals surface area (Å²) in [5.41, 5.74) is 1.70. The van der Waals surface area contributed by atoms with Gasteiger partial charge < -0.3 is 0 Å². The molecule has 2 rings (SSSR count). The van der Waals surface area contributed by atoms with Crippen molar-refractivity contribution in [2.24, 2.45) is 0 Å². The molecule has 0 bridgehead atoms. The van der Waals surface area contributed by atoms with Crippen LogP contribution >= 0.6 is 11.6 Å². The van der Waals surface area contributed by atoms with Crippen molar-refractivity contribution in [3.05, 3.63) is 52.8 Å². The molecular formula is C12H11ClN2O. The Morgan fingerprint density at radius 1 is 1.38 bits per heavy atom. The number of nitrogens with zero attached hydrogens (tertiary/aromatic N) is 2. The van der Waals surface area contributed by atoms with Crippen LogP contribution in [-0.4, -0.2) is 15.6 Å². The van der Waals surface area contributed by atoms with Crippen LogP contribution in [0.5, 0.6) is 0 Å². The second kappa shape index (κ2) is 4.49. The van der Waals surface area contributed by atoms with Crippen LogP contribution in [0.25, 0.3) is 0 Å². The molecular weight excluding hydrogens is 224 g/mol. The van der Waals surface area contributed by atoms with Gasteiger partial charge in [-0.1, -0.05) is 11.6 Å². The van der Waals surface area contributed by atoms with Crippen LogP contribution in [0.2, 0.25) is 5.02 Å². The van der Waals surface area contributed by atoms with E-state index in [-0.39, 0.29) is 12.3 Å². The SMILES string of the molecule is Cc1cnn(CC(=O)c2ccc(Cl)cc2)c1. The summed E-state index contributed by atoms with van der Waals surface area (Å²) < 4.78 is 1.63. The lowest BCUT2D eigenvalue weighted by Gasteiger charge is -2.01. The Labute approximate surface area is 98.7 Å². The van der Waals surface area contributed by atoms with E-state index in [0.29, 0.717) is 10.6 Å². The lowest BCUT2D eigenvalue weighted by atomic mass is 10.1. The number of Topliss-reactive ketones (excluding diaryl/α,β-unsaturated/α-hetero) is 1. The maximum absolute atomic E-state index is 11.8. The minimum Gasteiger partial charge on any atom is -0.292 e. The Hall–Kier alpha value is -1.61. The minimum absolute atomic E-state index is 0.0276. The van der Waals surface area contributed by atoms with Crippen LogP contribution in [0.1, 0.15) is 15.9 Å². The highest BCUT2D eigenvalue weighted by atomic mass is 35.5. The first-order valence-electron chi connectivity index (χ1n) is 4.93. The van der Waals surface area contributed by atoms with E-state index in [1.807, 2.05) is 13.1 Å². The van der Waals surface area contributed by atoms with Crippen molar-refractivity contribution in [3.63, 3.8) is 0 Å². The fourth-order valence-corrected chi connectivity index (χ4v) is 1.55. The molecule has 0 amide bonds. The number of carbonyl (C=O) groups is 1. The van der Waals surface area contributed by atoms with Crippen molar-refractivity contribution in [2.75, 3.05) is 0 Å². The summed E-state index contributed by atoms with van der Waals surface area (Å²) in [5, 5.41) is 4.70. The van der Waals surface area contributed by atoms with Crippen LogP contribution in [0, 0.1) is 6.92 Å². The third-order valence-corrected chi connectivity index (χ3v) is 2.49. The van der Waals surface area contributed by atoms with Gasteiger partial charge in [-0.3, -0.25) is 9.48 Å². The molecule has 0 N–H and O–H groups in total. The number of rotatable bonds is 3. The standard InChI is InChI=1S/C12H11ClN2O/c1-9-6-14-15(7-9)8-12(16)10-2-4-11(13)5-3-10/h2-7H,8H2,1H3. The molecule has 0 aliphatic carbocycles. The molecule has 0 fully saturated rings. The third kappa shape index (κ3) is 2.49. The fraction of sp³-hybridized carbons (Fsp3) is 0.167. The highest BCUT2D eigenvalue weighted by Crippen LogP contribution is 2.10. The van der Waals surface area contributed by atoms with Gasteiger partial charge in [0.1, 0.15) is 6.54 Å². The number of hydrogen-bond acceptors (Lipinski definition) is 2. The summed E-state index contributed by atoms with van der Waals surface area (Å²) in [5.74, 6) is 0.0276. The molecule has 0 saturated heterocycles. The van der Waals surface area contributed by atoms with E-state index in [1.165, 1.54) is 0 Å². The molecule has 0 spiro atoms. The third-order valence-electron chi connectivity index (χ3n) is 2.23. The predicted octanol–water partition coefficient (Wildman–Crippen LogP) is 2.73. The summed E-state index contributed by atoms with van der Waals surface area (Å²) in [6, 6.07) is 6.87. The van der Waals surface area contributed by atoms with Gasteiger partial charge in [0.15, 0.2) is 5.78 Å². The quantitative estimate of drug-likeness (QED) is 0.766. The molecule has 4 heteroatoms. The number of aromatic nitrogens is 2. The molecule has 0 saturated carbocycles.